The largest absolute Gasteiger partial charge is 0.0622 e. The monoisotopic (exact) mass is 750 g/mol. The van der Waals surface area contributed by atoms with E-state index in [1.54, 1.807) is 0 Å². The first kappa shape index (κ1) is 39.7. The second-order valence-electron chi connectivity index (χ2n) is 15.8. The van der Waals surface area contributed by atoms with Crippen LogP contribution < -0.4 is 0 Å². The summed E-state index contributed by atoms with van der Waals surface area (Å²) in [6, 6.07) is 67.0. The summed E-state index contributed by atoms with van der Waals surface area (Å²) in [5, 5.41) is 0. The molecule has 0 heterocycles. The Bertz CT molecular complexity index is 2440. The maximum atomic E-state index is 2.35. The average molecular weight is 751 g/mol. The van der Waals surface area contributed by atoms with Crippen molar-refractivity contribution in [3.05, 3.63) is 249 Å². The number of rotatable bonds is 10. The minimum Gasteiger partial charge on any atom is -0.0622 e. The van der Waals surface area contributed by atoms with Crippen LogP contribution in [0.1, 0.15) is 94.5 Å². The zero-order valence-corrected chi connectivity index (χ0v) is 35.3. The highest BCUT2D eigenvalue weighted by Gasteiger charge is 2.22. The van der Waals surface area contributed by atoms with Crippen molar-refractivity contribution in [2.75, 3.05) is 0 Å². The number of aryl methyl sites for hydroxylation is 4. The molecule has 0 atom stereocenters. The van der Waals surface area contributed by atoms with Crippen molar-refractivity contribution in [2.45, 2.75) is 55.4 Å². The molecule has 286 valence electrons. The van der Waals surface area contributed by atoms with Gasteiger partial charge >= 0.3 is 0 Å². The van der Waals surface area contributed by atoms with E-state index >= 15 is 0 Å². The predicted molar refractivity (Wildman–Crippen MR) is 254 cm³/mol. The second-order valence-corrected chi connectivity index (χ2v) is 15.8. The molecule has 0 bridgehead atoms. The molecule has 0 fully saturated rings. The third-order valence-electron chi connectivity index (χ3n) is 11.5. The molecule has 7 rings (SSSR count). The molecule has 7 aromatic rings. The molecule has 0 saturated heterocycles. The first-order valence-corrected chi connectivity index (χ1v) is 20.4. The van der Waals surface area contributed by atoms with Crippen molar-refractivity contribution in [1.82, 2.24) is 0 Å². The first-order valence-electron chi connectivity index (χ1n) is 20.4. The number of hydrogen-bond donors (Lipinski definition) is 0. The Morgan fingerprint density at radius 2 is 0.379 bits per heavy atom. The smallest absolute Gasteiger partial charge is 0.00673 e. The summed E-state index contributed by atoms with van der Waals surface area (Å²) >= 11 is 0. The van der Waals surface area contributed by atoms with Crippen LogP contribution in [0, 0.1) is 27.7 Å². The summed E-state index contributed by atoms with van der Waals surface area (Å²) in [5.74, 6) is 0. The van der Waals surface area contributed by atoms with Gasteiger partial charge in [-0.1, -0.05) is 204 Å². The Balaban J connectivity index is 1.51. The lowest BCUT2D eigenvalue weighted by atomic mass is 9.80. The van der Waals surface area contributed by atoms with Gasteiger partial charge in [0, 0.05) is 0 Å². The topological polar surface area (TPSA) is 0 Å². The van der Waals surface area contributed by atoms with Crippen molar-refractivity contribution in [1.29, 1.82) is 0 Å². The summed E-state index contributed by atoms with van der Waals surface area (Å²) < 4.78 is 0. The van der Waals surface area contributed by atoms with Crippen LogP contribution >= 0.6 is 0 Å². The predicted octanol–water partition coefficient (Wildman–Crippen LogP) is 16.0. The van der Waals surface area contributed by atoms with E-state index in [2.05, 4.69) is 237 Å². The zero-order chi connectivity index (χ0) is 40.8. The van der Waals surface area contributed by atoms with Gasteiger partial charge in [0.05, 0.1) is 0 Å². The molecule has 0 unspecified atom stereocenters. The quantitative estimate of drug-likeness (QED) is 0.0965. The third kappa shape index (κ3) is 8.73. The fourth-order valence-corrected chi connectivity index (χ4v) is 8.00. The Labute approximate surface area is 347 Å². The van der Waals surface area contributed by atoms with Crippen LogP contribution in [-0.2, 0) is 0 Å². The SMILES string of the molecule is C/C(=C(\C(=C(/C)c1ccc(C)cc1)c1ccc(C(=C(/C)c2ccc(C)cc2)/C(=C(\C)c2ccc(C)cc2)c2ccccc2)cc1)c1ccccc1)c1ccc(C)cc1. The fourth-order valence-electron chi connectivity index (χ4n) is 8.00. The molecule has 0 aliphatic heterocycles. The molecule has 0 aromatic heterocycles. The summed E-state index contributed by atoms with van der Waals surface area (Å²) in [6.07, 6.45) is 0. The highest BCUT2D eigenvalue weighted by atomic mass is 14.3. The molecule has 58 heavy (non-hydrogen) atoms. The van der Waals surface area contributed by atoms with Crippen LogP contribution in [0.15, 0.2) is 182 Å². The van der Waals surface area contributed by atoms with E-state index < -0.39 is 0 Å². The molecule has 0 nitrogen and oxygen atoms in total. The van der Waals surface area contributed by atoms with Gasteiger partial charge in [-0.25, -0.2) is 0 Å². The van der Waals surface area contributed by atoms with Gasteiger partial charge in [0.15, 0.2) is 0 Å². The number of allylic oxidation sites excluding steroid dienone is 8. The normalized spacial score (nSPS) is 13.2. The van der Waals surface area contributed by atoms with Crippen molar-refractivity contribution < 1.29 is 0 Å². The highest BCUT2D eigenvalue weighted by molar-refractivity contribution is 6.23. The Hall–Kier alpha value is -6.50. The minimum absolute atomic E-state index is 1.18. The van der Waals surface area contributed by atoms with Crippen molar-refractivity contribution in [3.8, 4) is 0 Å². The molecule has 0 amide bonds. The minimum atomic E-state index is 1.18. The van der Waals surface area contributed by atoms with E-state index in [0.717, 1.165) is 0 Å². The van der Waals surface area contributed by atoms with E-state index in [1.807, 2.05) is 0 Å². The molecular formula is C58H54. The lowest BCUT2D eigenvalue weighted by Crippen LogP contribution is -2.00. The Morgan fingerprint density at radius 1 is 0.207 bits per heavy atom. The molecule has 0 aliphatic carbocycles. The fraction of sp³-hybridized carbons (Fsp3) is 0.138. The van der Waals surface area contributed by atoms with E-state index in [4.69, 9.17) is 0 Å². The molecule has 0 spiro atoms. The van der Waals surface area contributed by atoms with Gasteiger partial charge in [-0.05, 0) is 144 Å². The van der Waals surface area contributed by atoms with Gasteiger partial charge in [0.25, 0.3) is 0 Å². The molecule has 0 aliphatic rings. The van der Waals surface area contributed by atoms with Crippen LogP contribution in [0.5, 0.6) is 0 Å². The standard InChI is InChI=1S/C58H54/c1-39-19-27-47(28-20-39)43(5)55(51-15-11-9-12-16-51)57(45(7)49-31-23-41(3)24-32-49)53-35-37-54(38-36-53)58(46(8)50-33-25-42(4)26-34-50)56(52-17-13-10-14-18-52)44(6)48-29-21-40(2)22-30-48/h9-38H,1-8H3/b55-43+,56-44+,57-45+,58-46+. The van der Waals surface area contributed by atoms with Gasteiger partial charge in [-0.3, -0.25) is 0 Å². The summed E-state index contributed by atoms with van der Waals surface area (Å²) in [6.45, 7) is 17.7. The molecule has 0 heteroatoms. The van der Waals surface area contributed by atoms with Gasteiger partial charge in [0.2, 0.25) is 0 Å². The summed E-state index contributed by atoms with van der Waals surface area (Å²) in [5.41, 5.74) is 24.6. The molecule has 7 aromatic carbocycles. The number of benzene rings is 7. The summed E-state index contributed by atoms with van der Waals surface area (Å²) in [7, 11) is 0. The van der Waals surface area contributed by atoms with Gasteiger partial charge < -0.3 is 0 Å². The maximum Gasteiger partial charge on any atom is -0.00673 e. The van der Waals surface area contributed by atoms with Crippen molar-refractivity contribution in [2.24, 2.45) is 0 Å². The van der Waals surface area contributed by atoms with Crippen LogP contribution in [0.2, 0.25) is 0 Å². The van der Waals surface area contributed by atoms with Gasteiger partial charge in [-0.2, -0.15) is 0 Å². The molecular weight excluding hydrogens is 697 g/mol. The van der Waals surface area contributed by atoms with E-state index in [1.165, 1.54) is 111 Å². The van der Waals surface area contributed by atoms with Gasteiger partial charge in [0.1, 0.15) is 0 Å². The molecule has 0 saturated carbocycles. The van der Waals surface area contributed by atoms with E-state index in [0.29, 0.717) is 0 Å². The first-order chi connectivity index (χ1) is 28.1. The maximum absolute atomic E-state index is 2.35. The van der Waals surface area contributed by atoms with Crippen molar-refractivity contribution in [3.63, 3.8) is 0 Å². The van der Waals surface area contributed by atoms with E-state index in [9.17, 15) is 0 Å². The average Bonchev–Trinajstić information content (AvgIpc) is 3.25. The highest BCUT2D eigenvalue weighted by Crippen LogP contribution is 2.45. The molecule has 0 radical (unpaired) electrons. The molecule has 0 N–H and O–H groups in total. The Morgan fingerprint density at radius 3 is 0.586 bits per heavy atom. The zero-order valence-electron chi connectivity index (χ0n) is 35.3. The van der Waals surface area contributed by atoms with Crippen LogP contribution in [0.3, 0.4) is 0 Å². The van der Waals surface area contributed by atoms with Crippen LogP contribution in [-0.4, -0.2) is 0 Å². The number of hydrogen-bond acceptors (Lipinski definition) is 0. The lowest BCUT2D eigenvalue weighted by molar-refractivity contribution is 1.43. The van der Waals surface area contributed by atoms with Crippen molar-refractivity contribution >= 4 is 44.6 Å². The van der Waals surface area contributed by atoms with E-state index in [-0.39, 0.29) is 0 Å². The Kier molecular flexibility index (Phi) is 12.2. The van der Waals surface area contributed by atoms with Gasteiger partial charge in [-0.15, -0.1) is 0 Å². The lowest BCUT2D eigenvalue weighted by Gasteiger charge is -2.23. The van der Waals surface area contributed by atoms with Crippen LogP contribution in [0.4, 0.5) is 0 Å². The second kappa shape index (κ2) is 17.7. The summed E-state index contributed by atoms with van der Waals surface area (Å²) in [4.78, 5) is 0. The van der Waals surface area contributed by atoms with Crippen LogP contribution in [0.25, 0.3) is 44.6 Å². The third-order valence-corrected chi connectivity index (χ3v) is 11.5.